The second kappa shape index (κ2) is 5.62. The molecule has 0 bridgehead atoms. The van der Waals surface area contributed by atoms with Crippen LogP contribution >= 0.6 is 0 Å². The maximum atomic E-state index is 10.6. The Bertz CT molecular complexity index is 173. The second-order valence-corrected chi connectivity index (χ2v) is 3.87. The van der Waals surface area contributed by atoms with Crippen molar-refractivity contribution in [2.45, 2.75) is 26.7 Å². The smallest absolute Gasteiger partial charge is 0.407 e. The van der Waals surface area contributed by atoms with Gasteiger partial charge in [-0.25, -0.2) is 4.79 Å². The van der Waals surface area contributed by atoms with Crippen molar-refractivity contribution in [1.29, 1.82) is 0 Å². The molecule has 1 amide bonds. The van der Waals surface area contributed by atoms with Crippen molar-refractivity contribution in [2.24, 2.45) is 11.8 Å². The van der Waals surface area contributed by atoms with Gasteiger partial charge in [0.05, 0.1) is 0 Å². The number of likely N-dealkylation sites (tertiary alicyclic amines) is 1. The van der Waals surface area contributed by atoms with E-state index in [1.54, 1.807) is 0 Å². The fourth-order valence-corrected chi connectivity index (χ4v) is 1.73. The number of carbonyl (C=O) groups is 1. The maximum Gasteiger partial charge on any atom is 0.407 e. The van der Waals surface area contributed by atoms with Crippen LogP contribution in [0.25, 0.3) is 0 Å². The largest absolute Gasteiger partial charge is 0.465 e. The van der Waals surface area contributed by atoms with E-state index < -0.39 is 6.09 Å². The van der Waals surface area contributed by atoms with Crippen LogP contribution in [0.4, 0.5) is 4.79 Å². The standard InChI is InChI=1S/C9H17NO2.Re/c1-7(2)8-4-3-5-10(6-8)9(11)12;/h7-8H,3-6H2,1-2H3,(H,11,12);. The first-order valence-corrected chi connectivity index (χ1v) is 4.59. The Morgan fingerprint density at radius 2 is 2.15 bits per heavy atom. The zero-order chi connectivity index (χ0) is 9.14. The molecule has 0 aromatic heterocycles. The number of hydrogen-bond donors (Lipinski definition) is 1. The molecule has 1 aliphatic rings. The van der Waals surface area contributed by atoms with E-state index in [1.165, 1.54) is 11.3 Å². The predicted molar refractivity (Wildman–Crippen MR) is 47.2 cm³/mol. The topological polar surface area (TPSA) is 40.5 Å². The van der Waals surface area contributed by atoms with Crippen LogP contribution in [0, 0.1) is 11.8 Å². The molecule has 1 aliphatic heterocycles. The van der Waals surface area contributed by atoms with E-state index in [9.17, 15) is 4.79 Å². The van der Waals surface area contributed by atoms with Gasteiger partial charge < -0.3 is 10.0 Å². The van der Waals surface area contributed by atoms with Gasteiger partial charge in [-0.3, -0.25) is 0 Å². The van der Waals surface area contributed by atoms with E-state index in [4.69, 9.17) is 5.11 Å². The average Bonchev–Trinajstić information content (AvgIpc) is 2.04. The second-order valence-electron chi connectivity index (χ2n) is 3.87. The van der Waals surface area contributed by atoms with Crippen molar-refractivity contribution in [1.82, 2.24) is 4.90 Å². The summed E-state index contributed by atoms with van der Waals surface area (Å²) in [4.78, 5) is 12.2. The Morgan fingerprint density at radius 1 is 1.54 bits per heavy atom. The number of carboxylic acid groups (broad SMARTS) is 1. The molecule has 0 spiro atoms. The van der Waals surface area contributed by atoms with Gasteiger partial charge in [0, 0.05) is 33.5 Å². The van der Waals surface area contributed by atoms with Crippen LogP contribution in [0.15, 0.2) is 0 Å². The molecule has 13 heavy (non-hydrogen) atoms. The number of piperidine rings is 1. The molecule has 0 saturated carbocycles. The molecule has 1 fully saturated rings. The first-order chi connectivity index (χ1) is 5.61. The Morgan fingerprint density at radius 3 is 2.62 bits per heavy atom. The molecule has 0 aliphatic carbocycles. The van der Waals surface area contributed by atoms with E-state index in [0.717, 1.165) is 19.5 Å². The van der Waals surface area contributed by atoms with Crippen LogP contribution in [0.2, 0.25) is 0 Å². The SMILES string of the molecule is CC(C)C1CCCN(C(=O)O)C1.[Re]. The molecule has 1 N–H and O–H groups in total. The van der Waals surface area contributed by atoms with Gasteiger partial charge in [0.25, 0.3) is 0 Å². The Balaban J connectivity index is 0.00000144. The van der Waals surface area contributed by atoms with Crippen molar-refractivity contribution in [2.75, 3.05) is 13.1 Å². The normalized spacial score (nSPS) is 22.7. The van der Waals surface area contributed by atoms with E-state index >= 15 is 0 Å². The third kappa shape index (κ3) is 3.66. The minimum atomic E-state index is -0.764. The summed E-state index contributed by atoms with van der Waals surface area (Å²) in [6.45, 7) is 5.78. The predicted octanol–water partition coefficient (Wildman–Crippen LogP) is 2.03. The Labute approximate surface area is 93.1 Å². The molecule has 0 aromatic carbocycles. The third-order valence-corrected chi connectivity index (χ3v) is 2.67. The average molecular weight is 357 g/mol. The molecule has 1 heterocycles. The molecule has 1 atom stereocenters. The van der Waals surface area contributed by atoms with Crippen molar-refractivity contribution in [3.63, 3.8) is 0 Å². The van der Waals surface area contributed by atoms with Crippen LogP contribution in [-0.2, 0) is 20.4 Å². The summed E-state index contributed by atoms with van der Waals surface area (Å²) in [5, 5.41) is 8.76. The van der Waals surface area contributed by atoms with Gasteiger partial charge in [-0.1, -0.05) is 13.8 Å². The number of rotatable bonds is 1. The summed E-state index contributed by atoms with van der Waals surface area (Å²) in [6, 6.07) is 0. The first kappa shape index (κ1) is 12.9. The summed E-state index contributed by atoms with van der Waals surface area (Å²) in [5.74, 6) is 1.17. The van der Waals surface area contributed by atoms with Crippen molar-refractivity contribution >= 4 is 6.09 Å². The Kier molecular flexibility index (Phi) is 5.59. The minimum absolute atomic E-state index is 0. The quantitative estimate of drug-likeness (QED) is 0.780. The van der Waals surface area contributed by atoms with Crippen LogP contribution in [0.1, 0.15) is 26.7 Å². The molecule has 1 saturated heterocycles. The zero-order valence-corrected chi connectivity index (χ0v) is 10.9. The van der Waals surface area contributed by atoms with Crippen molar-refractivity contribution in [3.05, 3.63) is 0 Å². The molecular weight excluding hydrogens is 340 g/mol. The molecule has 1 unspecified atom stereocenters. The summed E-state index contributed by atoms with van der Waals surface area (Å²) in [5.41, 5.74) is 0. The first-order valence-electron chi connectivity index (χ1n) is 4.59. The van der Waals surface area contributed by atoms with E-state index in [2.05, 4.69) is 13.8 Å². The van der Waals surface area contributed by atoms with Crippen LogP contribution in [0.5, 0.6) is 0 Å². The van der Waals surface area contributed by atoms with Gasteiger partial charge in [0.15, 0.2) is 0 Å². The number of amides is 1. The number of hydrogen-bond acceptors (Lipinski definition) is 1. The summed E-state index contributed by atoms with van der Waals surface area (Å²) >= 11 is 0. The van der Waals surface area contributed by atoms with Crippen molar-refractivity contribution in [3.8, 4) is 0 Å². The molecule has 4 heteroatoms. The van der Waals surface area contributed by atoms with Crippen molar-refractivity contribution < 1.29 is 30.3 Å². The summed E-state index contributed by atoms with van der Waals surface area (Å²) < 4.78 is 0. The Hall–Kier alpha value is -0.0677. The molecule has 77 valence electrons. The summed E-state index contributed by atoms with van der Waals surface area (Å²) in [6.07, 6.45) is 1.44. The monoisotopic (exact) mass is 358 g/mol. The fraction of sp³-hybridized carbons (Fsp3) is 0.889. The summed E-state index contributed by atoms with van der Waals surface area (Å²) in [7, 11) is 0. The van der Waals surface area contributed by atoms with E-state index in [-0.39, 0.29) is 20.4 Å². The van der Waals surface area contributed by atoms with Gasteiger partial charge in [-0.05, 0) is 24.7 Å². The van der Waals surface area contributed by atoms with Gasteiger partial charge in [-0.2, -0.15) is 0 Å². The van der Waals surface area contributed by atoms with Crippen LogP contribution in [0.3, 0.4) is 0 Å². The van der Waals surface area contributed by atoms with Crippen LogP contribution in [-0.4, -0.2) is 29.2 Å². The fourth-order valence-electron chi connectivity index (χ4n) is 1.73. The van der Waals surface area contributed by atoms with Gasteiger partial charge >= 0.3 is 6.09 Å². The number of nitrogens with zero attached hydrogens (tertiary/aromatic N) is 1. The van der Waals surface area contributed by atoms with E-state index in [1.807, 2.05) is 0 Å². The van der Waals surface area contributed by atoms with Gasteiger partial charge in [-0.15, -0.1) is 0 Å². The third-order valence-electron chi connectivity index (χ3n) is 2.67. The van der Waals surface area contributed by atoms with Gasteiger partial charge in [0.2, 0.25) is 0 Å². The zero-order valence-electron chi connectivity index (χ0n) is 8.16. The molecule has 1 radical (unpaired) electrons. The molecule has 3 nitrogen and oxygen atoms in total. The molecule has 1 rings (SSSR count). The van der Waals surface area contributed by atoms with Gasteiger partial charge in [0.1, 0.15) is 0 Å². The van der Waals surface area contributed by atoms with E-state index in [0.29, 0.717) is 11.8 Å². The maximum absolute atomic E-state index is 10.6. The molecule has 0 aromatic rings. The minimum Gasteiger partial charge on any atom is -0.465 e. The molecular formula is C9H17NO2Re. The van der Waals surface area contributed by atoms with Crippen LogP contribution < -0.4 is 0 Å².